The fraction of sp³-hybridized carbons (Fsp3) is 0.250. The molecule has 1 aromatic rings. The lowest BCUT2D eigenvalue weighted by atomic mass is 10.1. The molecule has 1 aliphatic rings. The summed E-state index contributed by atoms with van der Waals surface area (Å²) in [5, 5.41) is 0. The molecular formula is C12H10BrNO3. The van der Waals surface area contributed by atoms with Crippen LogP contribution >= 0.6 is 15.9 Å². The molecule has 0 aromatic heterocycles. The van der Waals surface area contributed by atoms with Gasteiger partial charge in [-0.3, -0.25) is 19.3 Å². The second kappa shape index (κ2) is 4.41. The topological polar surface area (TPSA) is 54.5 Å². The molecule has 1 heterocycles. The van der Waals surface area contributed by atoms with Crippen LogP contribution in [0.4, 0.5) is 0 Å². The molecule has 0 unspecified atom stereocenters. The Hall–Kier alpha value is -1.49. The van der Waals surface area contributed by atoms with E-state index < -0.39 is 5.91 Å². The molecule has 1 aromatic carbocycles. The summed E-state index contributed by atoms with van der Waals surface area (Å²) in [4.78, 5) is 36.2. The van der Waals surface area contributed by atoms with Crippen molar-refractivity contribution in [1.29, 1.82) is 0 Å². The SMILES string of the molecule is CCC(=O)CN1C(=O)c2ccc(Br)cc2C1=O. The summed E-state index contributed by atoms with van der Waals surface area (Å²) in [6, 6.07) is 4.90. The van der Waals surface area contributed by atoms with E-state index in [4.69, 9.17) is 0 Å². The summed E-state index contributed by atoms with van der Waals surface area (Å²) in [6.45, 7) is 1.57. The van der Waals surface area contributed by atoms with Gasteiger partial charge in [-0.25, -0.2) is 0 Å². The highest BCUT2D eigenvalue weighted by Gasteiger charge is 2.36. The molecule has 0 N–H and O–H groups in total. The lowest BCUT2D eigenvalue weighted by Gasteiger charge is -2.11. The summed E-state index contributed by atoms with van der Waals surface area (Å²) < 4.78 is 0.737. The van der Waals surface area contributed by atoms with Gasteiger partial charge in [-0.05, 0) is 18.2 Å². The van der Waals surface area contributed by atoms with E-state index in [0.717, 1.165) is 9.37 Å². The average molecular weight is 296 g/mol. The smallest absolute Gasteiger partial charge is 0.262 e. The molecule has 5 heteroatoms. The van der Waals surface area contributed by atoms with E-state index in [0.29, 0.717) is 17.5 Å². The molecule has 0 saturated carbocycles. The van der Waals surface area contributed by atoms with Crippen molar-refractivity contribution in [2.75, 3.05) is 6.54 Å². The highest BCUT2D eigenvalue weighted by atomic mass is 79.9. The number of carbonyl (C=O) groups is 3. The van der Waals surface area contributed by atoms with Crippen LogP contribution in [-0.4, -0.2) is 29.0 Å². The fourth-order valence-corrected chi connectivity index (χ4v) is 2.06. The minimum Gasteiger partial charge on any atom is -0.298 e. The average Bonchev–Trinajstić information content (AvgIpc) is 2.54. The van der Waals surface area contributed by atoms with Gasteiger partial charge in [0, 0.05) is 10.9 Å². The molecule has 0 radical (unpaired) electrons. The molecule has 2 amide bonds. The summed E-state index contributed by atoms with van der Waals surface area (Å²) in [7, 11) is 0. The van der Waals surface area contributed by atoms with E-state index in [2.05, 4.69) is 15.9 Å². The Morgan fingerprint density at radius 2 is 1.88 bits per heavy atom. The van der Waals surface area contributed by atoms with Gasteiger partial charge in [-0.1, -0.05) is 22.9 Å². The van der Waals surface area contributed by atoms with Crippen molar-refractivity contribution in [3.8, 4) is 0 Å². The number of nitrogens with zero attached hydrogens (tertiary/aromatic N) is 1. The quantitative estimate of drug-likeness (QED) is 0.802. The summed E-state index contributed by atoms with van der Waals surface area (Å²) >= 11 is 3.25. The maximum atomic E-state index is 11.9. The van der Waals surface area contributed by atoms with Gasteiger partial charge in [0.1, 0.15) is 0 Å². The van der Waals surface area contributed by atoms with Crippen LogP contribution in [0, 0.1) is 0 Å². The Morgan fingerprint density at radius 1 is 1.24 bits per heavy atom. The molecule has 0 aliphatic carbocycles. The lowest BCUT2D eigenvalue weighted by molar-refractivity contribution is -0.119. The predicted molar refractivity (Wildman–Crippen MR) is 64.8 cm³/mol. The van der Waals surface area contributed by atoms with E-state index in [1.807, 2.05) is 0 Å². The van der Waals surface area contributed by atoms with E-state index in [9.17, 15) is 14.4 Å². The third-order valence-corrected chi connectivity index (χ3v) is 3.15. The zero-order valence-corrected chi connectivity index (χ0v) is 10.8. The first kappa shape index (κ1) is 12.0. The number of carbonyl (C=O) groups excluding carboxylic acids is 3. The van der Waals surface area contributed by atoms with Crippen LogP contribution in [0.15, 0.2) is 22.7 Å². The summed E-state index contributed by atoms with van der Waals surface area (Å²) in [5.41, 5.74) is 0.718. The predicted octanol–water partition coefficient (Wildman–Crippen LogP) is 2.02. The molecule has 0 bridgehead atoms. The van der Waals surface area contributed by atoms with Gasteiger partial charge in [0.2, 0.25) is 0 Å². The molecule has 2 rings (SSSR count). The molecule has 4 nitrogen and oxygen atoms in total. The molecule has 0 fully saturated rings. The highest BCUT2D eigenvalue weighted by Crippen LogP contribution is 2.25. The van der Waals surface area contributed by atoms with Crippen molar-refractivity contribution >= 4 is 33.5 Å². The summed E-state index contributed by atoms with van der Waals surface area (Å²) in [6.07, 6.45) is 0.317. The van der Waals surface area contributed by atoms with Crippen molar-refractivity contribution in [3.05, 3.63) is 33.8 Å². The minimum absolute atomic E-state index is 0.126. The third-order valence-electron chi connectivity index (χ3n) is 2.66. The second-order valence-corrected chi connectivity index (χ2v) is 4.69. The van der Waals surface area contributed by atoms with Crippen molar-refractivity contribution in [3.63, 3.8) is 0 Å². The Bertz CT molecular complexity index is 524. The third kappa shape index (κ3) is 2.02. The van der Waals surface area contributed by atoms with Crippen molar-refractivity contribution in [1.82, 2.24) is 4.90 Å². The Balaban J connectivity index is 2.35. The Morgan fingerprint density at radius 3 is 2.53 bits per heavy atom. The number of ketones is 1. The zero-order valence-electron chi connectivity index (χ0n) is 9.20. The maximum Gasteiger partial charge on any atom is 0.262 e. The van der Waals surface area contributed by atoms with Crippen LogP contribution in [0.3, 0.4) is 0 Å². The largest absolute Gasteiger partial charge is 0.298 e. The van der Waals surface area contributed by atoms with Gasteiger partial charge in [0.05, 0.1) is 17.7 Å². The van der Waals surface area contributed by atoms with Gasteiger partial charge >= 0.3 is 0 Å². The number of amides is 2. The van der Waals surface area contributed by atoms with Gasteiger partial charge in [-0.15, -0.1) is 0 Å². The normalized spacial score (nSPS) is 14.1. The van der Waals surface area contributed by atoms with Gasteiger partial charge in [-0.2, -0.15) is 0 Å². The fourth-order valence-electron chi connectivity index (χ4n) is 1.69. The first-order chi connectivity index (χ1) is 8.04. The van der Waals surface area contributed by atoms with Crippen LogP contribution < -0.4 is 0 Å². The van der Waals surface area contributed by atoms with E-state index in [1.165, 1.54) is 0 Å². The van der Waals surface area contributed by atoms with Crippen molar-refractivity contribution in [2.45, 2.75) is 13.3 Å². The number of fused-ring (bicyclic) bond motifs is 1. The zero-order chi connectivity index (χ0) is 12.6. The maximum absolute atomic E-state index is 11.9. The molecule has 88 valence electrons. The number of hydrogen-bond acceptors (Lipinski definition) is 3. The first-order valence-electron chi connectivity index (χ1n) is 5.22. The number of halogens is 1. The molecule has 0 atom stereocenters. The highest BCUT2D eigenvalue weighted by molar-refractivity contribution is 9.10. The van der Waals surface area contributed by atoms with Crippen LogP contribution in [0.5, 0.6) is 0 Å². The van der Waals surface area contributed by atoms with Gasteiger partial charge < -0.3 is 0 Å². The molecule has 1 aliphatic heterocycles. The van der Waals surface area contributed by atoms with Crippen molar-refractivity contribution in [2.24, 2.45) is 0 Å². The number of benzene rings is 1. The number of hydrogen-bond donors (Lipinski definition) is 0. The molecular weight excluding hydrogens is 286 g/mol. The second-order valence-electron chi connectivity index (χ2n) is 3.78. The van der Waals surface area contributed by atoms with Crippen LogP contribution in [0.2, 0.25) is 0 Å². The molecule has 0 spiro atoms. The standard InChI is InChI=1S/C12H10BrNO3/c1-2-8(15)6-14-11(16)9-4-3-7(13)5-10(9)12(14)17/h3-5H,2,6H2,1H3. The van der Waals surface area contributed by atoms with Crippen molar-refractivity contribution < 1.29 is 14.4 Å². The van der Waals surface area contributed by atoms with E-state index >= 15 is 0 Å². The Kier molecular flexibility index (Phi) is 3.11. The molecule has 17 heavy (non-hydrogen) atoms. The number of rotatable bonds is 3. The number of Topliss-reactive ketones (excluding diaryl/α,β-unsaturated/α-hetero) is 1. The van der Waals surface area contributed by atoms with Gasteiger partial charge in [0.15, 0.2) is 5.78 Å². The Labute approximate surface area is 107 Å². The monoisotopic (exact) mass is 295 g/mol. The minimum atomic E-state index is -0.395. The van der Waals surface area contributed by atoms with Crippen LogP contribution in [0.25, 0.3) is 0 Å². The van der Waals surface area contributed by atoms with E-state index in [-0.39, 0.29) is 18.2 Å². The van der Waals surface area contributed by atoms with Crippen LogP contribution in [-0.2, 0) is 4.79 Å². The van der Waals surface area contributed by atoms with E-state index in [1.54, 1.807) is 25.1 Å². The first-order valence-corrected chi connectivity index (χ1v) is 6.01. The van der Waals surface area contributed by atoms with Crippen LogP contribution in [0.1, 0.15) is 34.1 Å². The summed E-state index contributed by atoms with van der Waals surface area (Å²) in [5.74, 6) is -0.911. The molecule has 0 saturated heterocycles. The lowest BCUT2D eigenvalue weighted by Crippen LogP contribution is -2.34. The van der Waals surface area contributed by atoms with Gasteiger partial charge in [0.25, 0.3) is 11.8 Å². The number of imide groups is 1.